The van der Waals surface area contributed by atoms with E-state index in [9.17, 15) is 0 Å². The zero-order valence-corrected chi connectivity index (χ0v) is 11.8. The number of nitrogens with zero attached hydrogens (tertiary/aromatic N) is 3. The van der Waals surface area contributed by atoms with Crippen molar-refractivity contribution < 1.29 is 0 Å². The van der Waals surface area contributed by atoms with Gasteiger partial charge in [0.2, 0.25) is 0 Å². The van der Waals surface area contributed by atoms with Crippen LogP contribution in [0.2, 0.25) is 0 Å². The van der Waals surface area contributed by atoms with Gasteiger partial charge in [-0.1, -0.05) is 25.7 Å². The molecular formula is C15H24N4. The van der Waals surface area contributed by atoms with Crippen LogP contribution < -0.4 is 10.6 Å². The second-order valence-corrected chi connectivity index (χ2v) is 6.04. The van der Waals surface area contributed by atoms with E-state index in [1.54, 1.807) is 0 Å². The quantitative estimate of drug-likeness (QED) is 0.848. The maximum Gasteiger partial charge on any atom is 0.136 e. The van der Waals surface area contributed by atoms with Gasteiger partial charge in [0.25, 0.3) is 0 Å². The van der Waals surface area contributed by atoms with E-state index in [-0.39, 0.29) is 0 Å². The van der Waals surface area contributed by atoms with Crippen LogP contribution in [0, 0.1) is 0 Å². The largest absolute Gasteiger partial charge is 0.384 e. The van der Waals surface area contributed by atoms with Gasteiger partial charge in [-0.25, -0.2) is 9.97 Å². The van der Waals surface area contributed by atoms with Crippen LogP contribution in [0.4, 0.5) is 11.6 Å². The Labute approximate surface area is 115 Å². The number of nitrogens with two attached hydrogens (primary N) is 1. The molecule has 3 rings (SSSR count). The molecule has 0 saturated heterocycles. The van der Waals surface area contributed by atoms with E-state index >= 15 is 0 Å². The molecule has 4 nitrogen and oxygen atoms in total. The number of aromatic nitrogens is 2. The molecule has 2 fully saturated rings. The number of anilines is 2. The molecule has 2 aliphatic carbocycles. The van der Waals surface area contributed by atoms with Gasteiger partial charge in [0.15, 0.2) is 0 Å². The van der Waals surface area contributed by atoms with Crippen LogP contribution in [0.3, 0.4) is 0 Å². The van der Waals surface area contributed by atoms with E-state index in [0.717, 1.165) is 11.6 Å². The Morgan fingerprint density at radius 2 is 1.74 bits per heavy atom. The zero-order valence-electron chi connectivity index (χ0n) is 11.8. The predicted molar refractivity (Wildman–Crippen MR) is 78.3 cm³/mol. The molecule has 19 heavy (non-hydrogen) atoms. The topological polar surface area (TPSA) is 55.0 Å². The summed E-state index contributed by atoms with van der Waals surface area (Å²) < 4.78 is 0. The molecule has 0 unspecified atom stereocenters. The molecule has 1 heterocycles. The molecule has 0 bridgehead atoms. The van der Waals surface area contributed by atoms with E-state index in [4.69, 9.17) is 10.7 Å². The van der Waals surface area contributed by atoms with Crippen molar-refractivity contribution in [1.29, 1.82) is 0 Å². The highest BCUT2D eigenvalue weighted by Crippen LogP contribution is 2.39. The minimum Gasteiger partial charge on any atom is -0.384 e. The van der Waals surface area contributed by atoms with Crippen LogP contribution in [0.25, 0.3) is 0 Å². The fourth-order valence-electron chi connectivity index (χ4n) is 3.01. The van der Waals surface area contributed by atoms with Gasteiger partial charge in [0, 0.05) is 25.1 Å². The fourth-order valence-corrected chi connectivity index (χ4v) is 3.01. The van der Waals surface area contributed by atoms with Crippen LogP contribution in [0.1, 0.15) is 63.1 Å². The van der Waals surface area contributed by atoms with Gasteiger partial charge in [-0.2, -0.15) is 0 Å². The van der Waals surface area contributed by atoms with Gasteiger partial charge >= 0.3 is 0 Å². The van der Waals surface area contributed by atoms with Crippen molar-refractivity contribution in [3.05, 3.63) is 11.9 Å². The highest BCUT2D eigenvalue weighted by Gasteiger charge is 2.28. The third-order valence-electron chi connectivity index (χ3n) is 4.43. The lowest BCUT2D eigenvalue weighted by molar-refractivity contribution is 0.548. The maximum absolute atomic E-state index is 5.95. The Balaban J connectivity index is 1.79. The van der Waals surface area contributed by atoms with Crippen molar-refractivity contribution in [3.63, 3.8) is 0 Å². The van der Waals surface area contributed by atoms with Crippen molar-refractivity contribution in [1.82, 2.24) is 9.97 Å². The second kappa shape index (κ2) is 5.35. The van der Waals surface area contributed by atoms with Crippen LogP contribution in [0.15, 0.2) is 6.07 Å². The van der Waals surface area contributed by atoms with Crippen molar-refractivity contribution >= 4 is 11.6 Å². The summed E-state index contributed by atoms with van der Waals surface area (Å²) in [5, 5.41) is 0. The summed E-state index contributed by atoms with van der Waals surface area (Å²) in [7, 11) is 2.16. The lowest BCUT2D eigenvalue weighted by Crippen LogP contribution is -2.32. The summed E-state index contributed by atoms with van der Waals surface area (Å²) in [5.41, 5.74) is 5.95. The summed E-state index contributed by atoms with van der Waals surface area (Å²) in [6.07, 6.45) is 10.4. The lowest BCUT2D eigenvalue weighted by Gasteiger charge is -2.28. The SMILES string of the molecule is CN(c1cc(N)nc(C2CC2)n1)C1CCCCCC1. The summed E-state index contributed by atoms with van der Waals surface area (Å²) in [4.78, 5) is 11.4. The standard InChI is InChI=1S/C15H24N4/c1-19(12-6-4-2-3-5-7-12)14-10-13(16)17-15(18-14)11-8-9-11/h10-12H,2-9H2,1H3,(H2,16,17,18). The Morgan fingerprint density at radius 3 is 2.37 bits per heavy atom. The highest BCUT2D eigenvalue weighted by molar-refractivity contribution is 5.47. The van der Waals surface area contributed by atoms with Gasteiger partial charge in [0.1, 0.15) is 17.5 Å². The van der Waals surface area contributed by atoms with E-state index < -0.39 is 0 Å². The van der Waals surface area contributed by atoms with Crippen molar-refractivity contribution in [2.45, 2.75) is 63.3 Å². The van der Waals surface area contributed by atoms with Gasteiger partial charge in [-0.15, -0.1) is 0 Å². The average Bonchev–Trinajstić information content (AvgIpc) is 3.23. The van der Waals surface area contributed by atoms with Gasteiger partial charge in [-0.05, 0) is 25.7 Å². The van der Waals surface area contributed by atoms with Crippen LogP contribution in [-0.4, -0.2) is 23.1 Å². The molecule has 104 valence electrons. The summed E-state index contributed by atoms with van der Waals surface area (Å²) >= 11 is 0. The molecule has 0 aliphatic heterocycles. The molecule has 0 spiro atoms. The van der Waals surface area contributed by atoms with Gasteiger partial charge in [0.05, 0.1) is 0 Å². The molecule has 1 aromatic rings. The lowest BCUT2D eigenvalue weighted by atomic mass is 10.1. The molecule has 0 aromatic carbocycles. The molecule has 0 atom stereocenters. The minimum absolute atomic E-state index is 0.560. The fraction of sp³-hybridized carbons (Fsp3) is 0.733. The minimum atomic E-state index is 0.560. The van der Waals surface area contributed by atoms with Gasteiger partial charge < -0.3 is 10.6 Å². The van der Waals surface area contributed by atoms with E-state index in [1.807, 2.05) is 6.07 Å². The first kappa shape index (κ1) is 12.7. The molecule has 0 radical (unpaired) electrons. The van der Waals surface area contributed by atoms with Crippen LogP contribution in [0.5, 0.6) is 0 Å². The highest BCUT2D eigenvalue weighted by atomic mass is 15.2. The van der Waals surface area contributed by atoms with Crippen molar-refractivity contribution in [3.8, 4) is 0 Å². The molecular weight excluding hydrogens is 236 g/mol. The number of nitrogen functional groups attached to an aromatic ring is 1. The van der Waals surface area contributed by atoms with Crippen molar-refractivity contribution in [2.75, 3.05) is 17.7 Å². The van der Waals surface area contributed by atoms with E-state index in [2.05, 4.69) is 16.9 Å². The number of hydrogen-bond donors (Lipinski definition) is 1. The Hall–Kier alpha value is -1.32. The molecule has 4 heteroatoms. The maximum atomic E-state index is 5.95. The number of hydrogen-bond acceptors (Lipinski definition) is 4. The Morgan fingerprint density at radius 1 is 1.05 bits per heavy atom. The average molecular weight is 260 g/mol. The molecule has 2 saturated carbocycles. The first-order chi connectivity index (χ1) is 9.24. The number of rotatable bonds is 3. The summed E-state index contributed by atoms with van der Waals surface area (Å²) in [5.74, 6) is 3.15. The normalized spacial score (nSPS) is 21.1. The molecule has 2 aliphatic rings. The Kier molecular flexibility index (Phi) is 3.58. The first-order valence-corrected chi connectivity index (χ1v) is 7.61. The van der Waals surface area contributed by atoms with Crippen molar-refractivity contribution in [2.24, 2.45) is 0 Å². The van der Waals surface area contributed by atoms with E-state index in [1.165, 1.54) is 51.4 Å². The predicted octanol–water partition coefficient (Wildman–Crippen LogP) is 3.10. The first-order valence-electron chi connectivity index (χ1n) is 7.61. The summed E-state index contributed by atoms with van der Waals surface area (Å²) in [6.45, 7) is 0. The monoisotopic (exact) mass is 260 g/mol. The third-order valence-corrected chi connectivity index (χ3v) is 4.43. The zero-order chi connectivity index (χ0) is 13.2. The molecule has 1 aromatic heterocycles. The second-order valence-electron chi connectivity index (χ2n) is 6.04. The van der Waals surface area contributed by atoms with E-state index in [0.29, 0.717) is 17.8 Å². The smallest absolute Gasteiger partial charge is 0.136 e. The molecule has 2 N–H and O–H groups in total. The summed E-state index contributed by atoms with van der Waals surface area (Å²) in [6, 6.07) is 2.54. The van der Waals surface area contributed by atoms with Crippen LogP contribution in [-0.2, 0) is 0 Å². The van der Waals surface area contributed by atoms with Crippen LogP contribution >= 0.6 is 0 Å². The van der Waals surface area contributed by atoms with Gasteiger partial charge in [-0.3, -0.25) is 0 Å². The molecule has 0 amide bonds. The third kappa shape index (κ3) is 2.99. The Bertz CT molecular complexity index is 434.